The fourth-order valence-electron chi connectivity index (χ4n) is 7.30. The molecule has 0 aliphatic heterocycles. The van der Waals surface area contributed by atoms with Crippen LogP contribution in [0.5, 0.6) is 5.75 Å². The molecule has 0 amide bonds. The van der Waals surface area contributed by atoms with E-state index in [1.807, 2.05) is 0 Å². The third-order valence-electron chi connectivity index (χ3n) is 8.85. The number of rotatable bonds is 5. The number of fused-ring (bicyclic) bond motifs is 2. The summed E-state index contributed by atoms with van der Waals surface area (Å²) in [5, 5.41) is 12.4. The van der Waals surface area contributed by atoms with Crippen LogP contribution in [0, 0.1) is 5.92 Å². The normalized spacial score (nSPS) is 26.5. The number of halogens is 1. The molecule has 1 N–H and O–H groups in total. The molecule has 35 heavy (non-hydrogen) atoms. The van der Waals surface area contributed by atoms with Crippen molar-refractivity contribution in [1.82, 2.24) is 0 Å². The Morgan fingerprint density at radius 2 is 1.63 bits per heavy atom. The number of phenolic OH excluding ortho intramolecular Hbond substituents is 1. The molecule has 0 aromatic heterocycles. The predicted molar refractivity (Wildman–Crippen MR) is 151 cm³/mol. The summed E-state index contributed by atoms with van der Waals surface area (Å²) in [6.07, 6.45) is 8.35. The van der Waals surface area contributed by atoms with Gasteiger partial charge in [-0.1, -0.05) is 122 Å². The minimum atomic E-state index is -0.0944. The van der Waals surface area contributed by atoms with Crippen LogP contribution in [0.4, 0.5) is 0 Å². The largest absolute Gasteiger partial charge is 0.507 e. The van der Waals surface area contributed by atoms with Crippen LogP contribution in [0.25, 0.3) is 0 Å². The molecular formula is C33H39BrO. The molecule has 2 aliphatic rings. The van der Waals surface area contributed by atoms with Crippen LogP contribution in [-0.4, -0.2) is 5.11 Å². The van der Waals surface area contributed by atoms with E-state index in [2.05, 4.69) is 109 Å². The smallest absolute Gasteiger partial charge is 0.123 e. The number of hydrogen-bond acceptors (Lipinski definition) is 1. The first-order valence-corrected chi connectivity index (χ1v) is 14.4. The molecule has 2 heteroatoms. The molecule has 3 aromatic rings. The summed E-state index contributed by atoms with van der Waals surface area (Å²) >= 11 is 3.69. The van der Waals surface area contributed by atoms with Crippen LogP contribution in [0.3, 0.4) is 0 Å². The number of hydrogen-bond donors (Lipinski definition) is 1. The highest BCUT2D eigenvalue weighted by Gasteiger charge is 2.52. The van der Waals surface area contributed by atoms with Gasteiger partial charge in [0.1, 0.15) is 5.75 Å². The van der Waals surface area contributed by atoms with Crippen LogP contribution in [0.2, 0.25) is 0 Å². The molecule has 3 aromatic carbocycles. The van der Waals surface area contributed by atoms with Crippen molar-refractivity contribution >= 4 is 15.9 Å². The lowest BCUT2D eigenvalue weighted by Gasteiger charge is -2.55. The van der Waals surface area contributed by atoms with E-state index >= 15 is 0 Å². The van der Waals surface area contributed by atoms with Crippen molar-refractivity contribution in [2.75, 3.05) is 0 Å². The molecule has 2 fully saturated rings. The Kier molecular flexibility index (Phi) is 6.64. The highest BCUT2D eigenvalue weighted by atomic mass is 79.9. The molecule has 0 spiro atoms. The van der Waals surface area contributed by atoms with Crippen LogP contribution >= 0.6 is 15.9 Å². The zero-order valence-corrected chi connectivity index (χ0v) is 23.1. The highest BCUT2D eigenvalue weighted by Crippen LogP contribution is 2.60. The van der Waals surface area contributed by atoms with Crippen molar-refractivity contribution in [1.29, 1.82) is 0 Å². The number of phenols is 1. The molecule has 0 heterocycles. The number of benzene rings is 3. The lowest BCUT2D eigenvalue weighted by molar-refractivity contribution is 0.0764. The maximum atomic E-state index is 11.8. The fraction of sp³-hybridized carbons (Fsp3) is 0.455. The van der Waals surface area contributed by atoms with Gasteiger partial charge in [-0.3, -0.25) is 0 Å². The summed E-state index contributed by atoms with van der Waals surface area (Å²) < 4.78 is 0. The van der Waals surface area contributed by atoms with Crippen LogP contribution < -0.4 is 0 Å². The van der Waals surface area contributed by atoms with Gasteiger partial charge in [0.2, 0.25) is 0 Å². The fourth-order valence-corrected chi connectivity index (χ4v) is 7.73. The summed E-state index contributed by atoms with van der Waals surface area (Å²) in [6, 6.07) is 26.8. The second kappa shape index (κ2) is 9.43. The Hall–Kier alpha value is -2.06. The molecule has 0 radical (unpaired) electrons. The van der Waals surface area contributed by atoms with E-state index in [9.17, 15) is 5.11 Å². The summed E-state index contributed by atoms with van der Waals surface area (Å²) in [4.78, 5) is 0. The van der Waals surface area contributed by atoms with Gasteiger partial charge < -0.3 is 5.11 Å². The summed E-state index contributed by atoms with van der Waals surface area (Å²) in [5.41, 5.74) is 6.48. The van der Waals surface area contributed by atoms with E-state index in [1.165, 1.54) is 47.9 Å². The van der Waals surface area contributed by atoms with E-state index < -0.39 is 0 Å². The predicted octanol–water partition coefficient (Wildman–Crippen LogP) is 8.99. The van der Waals surface area contributed by atoms with Gasteiger partial charge in [0.15, 0.2) is 0 Å². The molecular weight excluding hydrogens is 492 g/mol. The van der Waals surface area contributed by atoms with Crippen molar-refractivity contribution in [2.45, 2.75) is 87.3 Å². The number of alkyl halides is 1. The molecule has 3 atom stereocenters. The van der Waals surface area contributed by atoms with Crippen LogP contribution in [0.1, 0.15) is 87.1 Å². The van der Waals surface area contributed by atoms with Gasteiger partial charge in [-0.2, -0.15) is 0 Å². The van der Waals surface area contributed by atoms with Gasteiger partial charge in [0.05, 0.1) is 0 Å². The molecule has 2 saturated carbocycles. The topological polar surface area (TPSA) is 20.2 Å². The molecule has 5 rings (SSSR count). The lowest BCUT2D eigenvalue weighted by Crippen LogP contribution is -2.49. The maximum absolute atomic E-state index is 11.8. The first kappa shape index (κ1) is 24.6. The Bertz CT molecular complexity index is 1160. The van der Waals surface area contributed by atoms with E-state index in [0.29, 0.717) is 17.0 Å². The van der Waals surface area contributed by atoms with E-state index in [-0.39, 0.29) is 16.2 Å². The Balaban J connectivity index is 1.73. The Morgan fingerprint density at radius 3 is 2.29 bits per heavy atom. The van der Waals surface area contributed by atoms with Crippen molar-refractivity contribution in [2.24, 2.45) is 5.92 Å². The zero-order valence-electron chi connectivity index (χ0n) is 21.5. The van der Waals surface area contributed by atoms with Crippen LogP contribution in [0.15, 0.2) is 72.8 Å². The average molecular weight is 532 g/mol. The third-order valence-corrected chi connectivity index (χ3v) is 9.45. The van der Waals surface area contributed by atoms with Gasteiger partial charge >= 0.3 is 0 Å². The molecule has 0 saturated heterocycles. The molecule has 1 nitrogen and oxygen atoms in total. The third kappa shape index (κ3) is 4.71. The highest BCUT2D eigenvalue weighted by molar-refractivity contribution is 9.08. The van der Waals surface area contributed by atoms with Gasteiger partial charge in [-0.25, -0.2) is 0 Å². The first-order chi connectivity index (χ1) is 16.7. The van der Waals surface area contributed by atoms with Gasteiger partial charge in [-0.05, 0) is 65.5 Å². The first-order valence-electron chi connectivity index (χ1n) is 13.3. The molecule has 2 aliphatic carbocycles. The minimum Gasteiger partial charge on any atom is -0.507 e. The van der Waals surface area contributed by atoms with Gasteiger partial charge in [-0.15, -0.1) is 0 Å². The van der Waals surface area contributed by atoms with Crippen molar-refractivity contribution in [3.8, 4) is 5.75 Å². The second-order valence-corrected chi connectivity index (χ2v) is 12.9. The summed E-state index contributed by atoms with van der Waals surface area (Å²) in [7, 11) is 0. The van der Waals surface area contributed by atoms with Crippen molar-refractivity contribution in [3.05, 3.63) is 101 Å². The quantitative estimate of drug-likeness (QED) is 0.326. The molecule has 3 unspecified atom stereocenters. The van der Waals surface area contributed by atoms with Gasteiger partial charge in [0.25, 0.3) is 0 Å². The zero-order chi connectivity index (χ0) is 24.7. The Labute approximate surface area is 220 Å². The standard InChI is InChI=1S/C33H39BrO/c1-31(2,3)28-17-26(22-34)30(35)29(18-28)33(19-24-11-6-4-7-12-24)21-25-13-10-16-32(20-25,23-33)27-14-8-5-9-15-27/h4-9,11-12,14-15,17-18,25,35H,10,13,16,19-23H2,1-3H3. The van der Waals surface area contributed by atoms with Crippen LogP contribution in [-0.2, 0) is 28.0 Å². The van der Waals surface area contributed by atoms with Crippen molar-refractivity contribution < 1.29 is 5.11 Å². The summed E-state index contributed by atoms with van der Waals surface area (Å²) in [6.45, 7) is 6.85. The SMILES string of the molecule is CC(C)(C)c1cc(CBr)c(O)c(C2(Cc3ccccc3)CC3CCCC(c4ccccc4)(C3)C2)c1. The molecule has 184 valence electrons. The Morgan fingerprint density at radius 1 is 0.943 bits per heavy atom. The van der Waals surface area contributed by atoms with Crippen molar-refractivity contribution in [3.63, 3.8) is 0 Å². The van der Waals surface area contributed by atoms with E-state index in [4.69, 9.17) is 0 Å². The average Bonchev–Trinajstić information content (AvgIpc) is 2.84. The molecule has 2 bridgehead atoms. The minimum absolute atomic E-state index is 0.0228. The van der Waals surface area contributed by atoms with E-state index in [0.717, 1.165) is 24.8 Å². The van der Waals surface area contributed by atoms with E-state index in [1.54, 1.807) is 0 Å². The number of aromatic hydroxyl groups is 1. The second-order valence-electron chi connectivity index (χ2n) is 12.3. The summed E-state index contributed by atoms with van der Waals surface area (Å²) in [5.74, 6) is 1.19. The monoisotopic (exact) mass is 530 g/mol. The van der Waals surface area contributed by atoms with Gasteiger partial charge in [0, 0.05) is 21.9 Å². The lowest BCUT2D eigenvalue weighted by atomic mass is 9.49. The maximum Gasteiger partial charge on any atom is 0.123 e.